The fraction of sp³-hybridized carbons (Fsp3) is 0.250. The minimum atomic E-state index is -0.0103. The Balaban J connectivity index is 2.36. The van der Waals surface area contributed by atoms with Crippen LogP contribution in [0.5, 0.6) is 0 Å². The second-order valence-electron chi connectivity index (χ2n) is 4.84. The molecule has 0 radical (unpaired) electrons. The molecule has 1 unspecified atom stereocenters. The van der Waals surface area contributed by atoms with Crippen LogP contribution in [0.25, 0.3) is 0 Å². The van der Waals surface area contributed by atoms with Gasteiger partial charge in [-0.2, -0.15) is 0 Å². The van der Waals surface area contributed by atoms with Gasteiger partial charge in [-0.05, 0) is 30.7 Å². The summed E-state index contributed by atoms with van der Waals surface area (Å²) in [4.78, 5) is 2.12. The Bertz CT molecular complexity index is 582. The molecule has 0 saturated carbocycles. The molecule has 4 heteroatoms. The van der Waals surface area contributed by atoms with E-state index in [1.54, 1.807) is 6.07 Å². The maximum atomic E-state index is 6.31. The fourth-order valence-electron chi connectivity index (χ4n) is 2.23. The summed E-state index contributed by atoms with van der Waals surface area (Å²) in [6.07, 6.45) is 0. The number of halogens is 2. The van der Waals surface area contributed by atoms with Crippen molar-refractivity contribution in [2.45, 2.75) is 13.0 Å². The van der Waals surface area contributed by atoms with Gasteiger partial charge in [0.15, 0.2) is 0 Å². The molecular formula is C16H18Cl2N2. The zero-order valence-corrected chi connectivity index (χ0v) is 13.1. The Morgan fingerprint density at radius 3 is 2.35 bits per heavy atom. The lowest BCUT2D eigenvalue weighted by Crippen LogP contribution is -2.30. The number of hydrogen-bond donors (Lipinski definition) is 1. The highest BCUT2D eigenvalue weighted by molar-refractivity contribution is 6.42. The van der Waals surface area contributed by atoms with E-state index in [0.29, 0.717) is 16.6 Å². The zero-order chi connectivity index (χ0) is 14.7. The first-order valence-corrected chi connectivity index (χ1v) is 7.23. The monoisotopic (exact) mass is 308 g/mol. The van der Waals surface area contributed by atoms with E-state index in [4.69, 9.17) is 28.9 Å². The first-order chi connectivity index (χ1) is 9.54. The average molecular weight is 309 g/mol. The third-order valence-electron chi connectivity index (χ3n) is 3.47. The molecule has 0 aromatic heterocycles. The zero-order valence-electron chi connectivity index (χ0n) is 11.6. The Morgan fingerprint density at radius 1 is 1.10 bits per heavy atom. The molecule has 0 saturated heterocycles. The van der Waals surface area contributed by atoms with Crippen molar-refractivity contribution in [3.63, 3.8) is 0 Å². The summed E-state index contributed by atoms with van der Waals surface area (Å²) in [5.74, 6) is 0. The van der Waals surface area contributed by atoms with Crippen molar-refractivity contribution in [1.82, 2.24) is 0 Å². The molecule has 0 fully saturated rings. The highest BCUT2D eigenvalue weighted by atomic mass is 35.5. The van der Waals surface area contributed by atoms with Crippen LogP contribution in [0.15, 0.2) is 42.5 Å². The van der Waals surface area contributed by atoms with E-state index in [9.17, 15) is 0 Å². The SMILES string of the molecule is Cc1ccc(N(C)C(CN)c2cccc(Cl)c2Cl)cc1. The first-order valence-electron chi connectivity index (χ1n) is 6.48. The highest BCUT2D eigenvalue weighted by Gasteiger charge is 2.19. The lowest BCUT2D eigenvalue weighted by Gasteiger charge is -2.30. The van der Waals surface area contributed by atoms with Crippen LogP contribution in [0.2, 0.25) is 10.0 Å². The number of nitrogens with two attached hydrogens (primary N) is 1. The Labute approximate surface area is 130 Å². The van der Waals surface area contributed by atoms with E-state index in [0.717, 1.165) is 11.3 Å². The summed E-state index contributed by atoms with van der Waals surface area (Å²) in [6.45, 7) is 2.53. The number of nitrogens with zero attached hydrogens (tertiary/aromatic N) is 1. The molecule has 0 bridgehead atoms. The summed E-state index contributed by atoms with van der Waals surface area (Å²) in [5, 5.41) is 1.13. The lowest BCUT2D eigenvalue weighted by atomic mass is 10.0. The molecule has 0 aliphatic heterocycles. The van der Waals surface area contributed by atoms with Crippen LogP contribution in [0.4, 0.5) is 5.69 Å². The topological polar surface area (TPSA) is 29.3 Å². The first kappa shape index (κ1) is 15.2. The second-order valence-corrected chi connectivity index (χ2v) is 5.63. The number of benzene rings is 2. The molecule has 0 aliphatic carbocycles. The van der Waals surface area contributed by atoms with Gasteiger partial charge in [0.1, 0.15) is 0 Å². The van der Waals surface area contributed by atoms with Gasteiger partial charge in [-0.1, -0.05) is 53.0 Å². The highest BCUT2D eigenvalue weighted by Crippen LogP contribution is 2.33. The normalized spacial score (nSPS) is 12.2. The number of hydrogen-bond acceptors (Lipinski definition) is 2. The van der Waals surface area contributed by atoms with E-state index in [-0.39, 0.29) is 6.04 Å². The van der Waals surface area contributed by atoms with E-state index in [1.807, 2.05) is 19.2 Å². The minimum Gasteiger partial charge on any atom is -0.366 e. The summed E-state index contributed by atoms with van der Waals surface area (Å²) >= 11 is 12.4. The van der Waals surface area contributed by atoms with E-state index >= 15 is 0 Å². The van der Waals surface area contributed by atoms with Crippen LogP contribution >= 0.6 is 23.2 Å². The van der Waals surface area contributed by atoms with Crippen molar-refractivity contribution in [1.29, 1.82) is 0 Å². The van der Waals surface area contributed by atoms with Gasteiger partial charge in [-0.3, -0.25) is 0 Å². The third kappa shape index (κ3) is 3.09. The smallest absolute Gasteiger partial charge is 0.0676 e. The summed E-state index contributed by atoms with van der Waals surface area (Å²) in [6, 6.07) is 14.0. The molecule has 0 heterocycles. The molecule has 0 spiro atoms. The van der Waals surface area contributed by atoms with Crippen molar-refractivity contribution in [2.24, 2.45) is 5.73 Å². The van der Waals surface area contributed by atoms with Gasteiger partial charge in [-0.15, -0.1) is 0 Å². The Hall–Kier alpha value is -1.22. The van der Waals surface area contributed by atoms with Gasteiger partial charge in [0.2, 0.25) is 0 Å². The molecule has 2 nitrogen and oxygen atoms in total. The summed E-state index contributed by atoms with van der Waals surface area (Å²) in [7, 11) is 2.01. The van der Waals surface area contributed by atoms with Gasteiger partial charge in [0.25, 0.3) is 0 Å². The third-order valence-corrected chi connectivity index (χ3v) is 4.31. The maximum absolute atomic E-state index is 6.31. The largest absolute Gasteiger partial charge is 0.366 e. The number of anilines is 1. The molecule has 0 amide bonds. The summed E-state index contributed by atoms with van der Waals surface area (Å²) < 4.78 is 0. The molecule has 2 aromatic rings. The molecule has 2 N–H and O–H groups in total. The minimum absolute atomic E-state index is 0.0103. The molecule has 106 valence electrons. The molecule has 2 rings (SSSR count). The molecule has 2 aromatic carbocycles. The van der Waals surface area contributed by atoms with Crippen LogP contribution in [-0.4, -0.2) is 13.6 Å². The van der Waals surface area contributed by atoms with E-state index in [1.165, 1.54) is 5.56 Å². The molecule has 1 atom stereocenters. The predicted octanol–water partition coefficient (Wildman–Crippen LogP) is 4.44. The molecule has 20 heavy (non-hydrogen) atoms. The summed E-state index contributed by atoms with van der Waals surface area (Å²) in [5.41, 5.74) is 9.23. The standard InChI is InChI=1S/C16H18Cl2N2/c1-11-6-8-12(9-7-11)20(2)15(10-19)13-4-3-5-14(17)16(13)18/h3-9,15H,10,19H2,1-2H3. The van der Waals surface area contributed by atoms with Gasteiger partial charge in [0, 0.05) is 19.3 Å². The second kappa shape index (κ2) is 6.49. The number of likely N-dealkylation sites (N-methyl/N-ethyl adjacent to an activating group) is 1. The Kier molecular flexibility index (Phi) is 4.92. The van der Waals surface area contributed by atoms with E-state index < -0.39 is 0 Å². The van der Waals surface area contributed by atoms with E-state index in [2.05, 4.69) is 36.1 Å². The van der Waals surface area contributed by atoms with Crippen LogP contribution in [-0.2, 0) is 0 Å². The van der Waals surface area contributed by atoms with Crippen molar-refractivity contribution in [3.8, 4) is 0 Å². The van der Waals surface area contributed by atoms with Crippen molar-refractivity contribution >= 4 is 28.9 Å². The number of aryl methyl sites for hydroxylation is 1. The Morgan fingerprint density at radius 2 is 1.75 bits per heavy atom. The van der Waals surface area contributed by atoms with Crippen LogP contribution in [0.1, 0.15) is 17.2 Å². The van der Waals surface area contributed by atoms with Crippen molar-refractivity contribution < 1.29 is 0 Å². The van der Waals surface area contributed by atoms with Crippen molar-refractivity contribution in [3.05, 3.63) is 63.6 Å². The fourth-order valence-corrected chi connectivity index (χ4v) is 2.67. The van der Waals surface area contributed by atoms with Crippen LogP contribution < -0.4 is 10.6 Å². The maximum Gasteiger partial charge on any atom is 0.0676 e. The van der Waals surface area contributed by atoms with Gasteiger partial charge in [0.05, 0.1) is 16.1 Å². The number of rotatable bonds is 4. The quantitative estimate of drug-likeness (QED) is 0.905. The van der Waals surface area contributed by atoms with Gasteiger partial charge >= 0.3 is 0 Å². The lowest BCUT2D eigenvalue weighted by molar-refractivity contribution is 0.681. The van der Waals surface area contributed by atoms with Crippen LogP contribution in [0.3, 0.4) is 0 Å². The van der Waals surface area contributed by atoms with Gasteiger partial charge in [-0.25, -0.2) is 0 Å². The average Bonchev–Trinajstić information content (AvgIpc) is 2.45. The predicted molar refractivity (Wildman–Crippen MR) is 87.8 cm³/mol. The van der Waals surface area contributed by atoms with Gasteiger partial charge < -0.3 is 10.6 Å². The molecular weight excluding hydrogens is 291 g/mol. The molecule has 0 aliphatic rings. The van der Waals surface area contributed by atoms with Crippen molar-refractivity contribution in [2.75, 3.05) is 18.5 Å². The van der Waals surface area contributed by atoms with Crippen LogP contribution in [0, 0.1) is 6.92 Å².